The molecule has 124 valence electrons. The lowest BCUT2D eigenvalue weighted by molar-refractivity contribution is -0.147. The first-order valence-electron chi connectivity index (χ1n) is 7.34. The number of benzene rings is 2. The molecule has 2 aromatic rings. The monoisotopic (exact) mass is 329 g/mol. The fraction of sp³-hybridized carbons (Fsp3) is 0.167. The van der Waals surface area contributed by atoms with E-state index in [0.717, 1.165) is 0 Å². The third-order valence-corrected chi connectivity index (χ3v) is 3.16. The van der Waals surface area contributed by atoms with Gasteiger partial charge in [-0.25, -0.2) is 4.39 Å². The van der Waals surface area contributed by atoms with Gasteiger partial charge in [0.2, 0.25) is 0 Å². The van der Waals surface area contributed by atoms with Gasteiger partial charge in [-0.2, -0.15) is 0 Å². The molecule has 0 radical (unpaired) electrons. The fourth-order valence-electron chi connectivity index (χ4n) is 1.95. The molecule has 0 aromatic heterocycles. The summed E-state index contributed by atoms with van der Waals surface area (Å²) in [6.45, 7) is -0.535. The van der Waals surface area contributed by atoms with E-state index >= 15 is 0 Å². The average molecular weight is 329 g/mol. The molecular formula is C18H16FNO4. The van der Waals surface area contributed by atoms with Crippen LogP contribution in [0.2, 0.25) is 0 Å². The van der Waals surface area contributed by atoms with Crippen molar-refractivity contribution in [3.05, 3.63) is 66.0 Å². The molecule has 0 fully saturated rings. The summed E-state index contributed by atoms with van der Waals surface area (Å²) in [5.41, 5.74) is 0.528. The zero-order valence-electron chi connectivity index (χ0n) is 12.8. The molecule has 0 aliphatic carbocycles. The van der Waals surface area contributed by atoms with Gasteiger partial charge in [0.25, 0.3) is 5.91 Å². The van der Waals surface area contributed by atoms with Gasteiger partial charge in [0.05, 0.1) is 12.1 Å². The van der Waals surface area contributed by atoms with Crippen LogP contribution >= 0.6 is 0 Å². The topological polar surface area (TPSA) is 72.5 Å². The highest BCUT2D eigenvalue weighted by Gasteiger charge is 2.12. The smallest absolute Gasteiger partial charge is 0.306 e. The second kappa shape index (κ2) is 8.57. The number of hydrogen-bond donors (Lipinski definition) is 1. The molecule has 1 amide bonds. The van der Waals surface area contributed by atoms with Gasteiger partial charge in [0, 0.05) is 12.0 Å². The van der Waals surface area contributed by atoms with Crippen molar-refractivity contribution in [2.24, 2.45) is 0 Å². The molecule has 1 N–H and O–H groups in total. The standard InChI is InChI=1S/C18H16FNO4/c19-14-8-4-5-9-15(14)20-17(22)12-24-18(23)11-10-16(21)13-6-2-1-3-7-13/h1-9H,10-12H2,(H,20,22). The van der Waals surface area contributed by atoms with Crippen LogP contribution in [0.5, 0.6) is 0 Å². The van der Waals surface area contributed by atoms with Crippen LogP contribution in [0.1, 0.15) is 23.2 Å². The molecule has 24 heavy (non-hydrogen) atoms. The van der Waals surface area contributed by atoms with Crippen LogP contribution in [0.4, 0.5) is 10.1 Å². The molecule has 0 spiro atoms. The quantitative estimate of drug-likeness (QED) is 0.626. The number of esters is 1. The van der Waals surface area contributed by atoms with E-state index in [-0.39, 0.29) is 24.3 Å². The van der Waals surface area contributed by atoms with Crippen molar-refractivity contribution < 1.29 is 23.5 Å². The largest absolute Gasteiger partial charge is 0.456 e. The van der Waals surface area contributed by atoms with Crippen molar-refractivity contribution in [1.82, 2.24) is 0 Å². The highest BCUT2D eigenvalue weighted by molar-refractivity contribution is 5.97. The summed E-state index contributed by atoms with van der Waals surface area (Å²) in [4.78, 5) is 35.0. The van der Waals surface area contributed by atoms with E-state index in [9.17, 15) is 18.8 Å². The number of hydrogen-bond acceptors (Lipinski definition) is 4. The number of carbonyl (C=O) groups is 3. The van der Waals surface area contributed by atoms with Gasteiger partial charge in [-0.1, -0.05) is 42.5 Å². The minimum atomic E-state index is -0.664. The number of ketones is 1. The Kier molecular flexibility index (Phi) is 6.19. The average Bonchev–Trinajstić information content (AvgIpc) is 2.60. The van der Waals surface area contributed by atoms with Crippen LogP contribution < -0.4 is 5.32 Å². The second-order valence-corrected chi connectivity index (χ2v) is 4.98. The maximum atomic E-state index is 13.4. The molecule has 0 saturated heterocycles. The molecule has 6 heteroatoms. The van der Waals surface area contributed by atoms with E-state index < -0.39 is 24.3 Å². The number of nitrogens with one attached hydrogen (secondary N) is 1. The van der Waals surface area contributed by atoms with Crippen molar-refractivity contribution >= 4 is 23.3 Å². The maximum absolute atomic E-state index is 13.4. The lowest BCUT2D eigenvalue weighted by atomic mass is 10.1. The van der Waals surface area contributed by atoms with Crippen LogP contribution in [0.3, 0.4) is 0 Å². The molecule has 0 saturated carbocycles. The van der Waals surface area contributed by atoms with Crippen molar-refractivity contribution in [3.8, 4) is 0 Å². The van der Waals surface area contributed by atoms with E-state index in [2.05, 4.69) is 5.32 Å². The molecule has 0 unspecified atom stereocenters. The van der Waals surface area contributed by atoms with Crippen molar-refractivity contribution in [2.45, 2.75) is 12.8 Å². The van der Waals surface area contributed by atoms with Crippen LogP contribution in [0, 0.1) is 5.82 Å². The summed E-state index contributed by atoms with van der Waals surface area (Å²) < 4.78 is 18.1. The number of ether oxygens (including phenoxy) is 1. The first-order chi connectivity index (χ1) is 11.6. The first-order valence-corrected chi connectivity index (χ1v) is 7.34. The van der Waals surface area contributed by atoms with Crippen LogP contribution in [-0.2, 0) is 14.3 Å². The van der Waals surface area contributed by atoms with Gasteiger partial charge in [-0.15, -0.1) is 0 Å². The molecule has 5 nitrogen and oxygen atoms in total. The highest BCUT2D eigenvalue weighted by atomic mass is 19.1. The summed E-state index contributed by atoms with van der Waals surface area (Å²) in [6.07, 6.45) is -0.127. The Balaban J connectivity index is 1.72. The minimum Gasteiger partial charge on any atom is -0.456 e. The number of anilines is 1. The number of carbonyl (C=O) groups excluding carboxylic acids is 3. The Morgan fingerprint density at radius 3 is 2.29 bits per heavy atom. The van der Waals surface area contributed by atoms with Crippen LogP contribution in [0.25, 0.3) is 0 Å². The third-order valence-electron chi connectivity index (χ3n) is 3.16. The maximum Gasteiger partial charge on any atom is 0.306 e. The SMILES string of the molecule is O=C(COC(=O)CCC(=O)c1ccccc1)Nc1ccccc1F. The number of halogens is 1. The Hall–Kier alpha value is -3.02. The highest BCUT2D eigenvalue weighted by Crippen LogP contribution is 2.12. The second-order valence-electron chi connectivity index (χ2n) is 4.98. The predicted octanol–water partition coefficient (Wildman–Crippen LogP) is 2.97. The molecule has 0 aliphatic heterocycles. The van der Waals surface area contributed by atoms with E-state index in [1.165, 1.54) is 18.2 Å². The molecule has 2 aromatic carbocycles. The Morgan fingerprint density at radius 1 is 0.917 bits per heavy atom. The van der Waals surface area contributed by atoms with Gasteiger partial charge in [-0.05, 0) is 12.1 Å². The summed E-state index contributed by atoms with van der Waals surface area (Å²) in [5.74, 6) is -2.07. The summed E-state index contributed by atoms with van der Waals surface area (Å²) in [5, 5.41) is 2.30. The Bertz CT molecular complexity index is 731. The van der Waals surface area contributed by atoms with Crippen LogP contribution in [0.15, 0.2) is 54.6 Å². The first kappa shape index (κ1) is 17.3. The molecular weight excluding hydrogens is 313 g/mol. The van der Waals surface area contributed by atoms with E-state index in [1.54, 1.807) is 36.4 Å². The molecule has 0 heterocycles. The molecule has 0 atom stereocenters. The van der Waals surface area contributed by atoms with Gasteiger partial charge < -0.3 is 10.1 Å². The van der Waals surface area contributed by atoms with Gasteiger partial charge in [0.1, 0.15) is 5.82 Å². The van der Waals surface area contributed by atoms with Crippen molar-refractivity contribution in [2.75, 3.05) is 11.9 Å². The normalized spacial score (nSPS) is 10.0. The molecule has 2 rings (SSSR count). The predicted molar refractivity (Wildman–Crippen MR) is 86.0 cm³/mol. The number of rotatable bonds is 7. The van der Waals surface area contributed by atoms with Gasteiger partial charge in [-0.3, -0.25) is 14.4 Å². The van der Waals surface area contributed by atoms with E-state index in [1.807, 2.05) is 0 Å². The number of Topliss-reactive ketones (excluding diaryl/α,β-unsaturated/α-hetero) is 1. The summed E-state index contributed by atoms with van der Waals surface area (Å²) >= 11 is 0. The minimum absolute atomic E-state index is 0.00220. The van der Waals surface area contributed by atoms with Crippen LogP contribution in [-0.4, -0.2) is 24.3 Å². The zero-order valence-corrected chi connectivity index (χ0v) is 12.8. The van der Waals surface area contributed by atoms with Gasteiger partial charge in [0.15, 0.2) is 12.4 Å². The van der Waals surface area contributed by atoms with E-state index in [0.29, 0.717) is 5.56 Å². The molecule has 0 aliphatic rings. The van der Waals surface area contributed by atoms with E-state index in [4.69, 9.17) is 4.74 Å². The Morgan fingerprint density at radius 2 is 1.58 bits per heavy atom. The number of amides is 1. The third kappa shape index (κ3) is 5.31. The number of para-hydroxylation sites is 1. The summed E-state index contributed by atoms with van der Waals surface area (Å²) in [6, 6.07) is 14.3. The lowest BCUT2D eigenvalue weighted by Crippen LogP contribution is -2.21. The van der Waals surface area contributed by atoms with Gasteiger partial charge >= 0.3 is 5.97 Å². The summed E-state index contributed by atoms with van der Waals surface area (Å²) in [7, 11) is 0. The van der Waals surface area contributed by atoms with Crippen molar-refractivity contribution in [3.63, 3.8) is 0 Å². The fourth-order valence-corrected chi connectivity index (χ4v) is 1.95. The Labute approximate surface area is 138 Å². The van der Waals surface area contributed by atoms with Crippen molar-refractivity contribution in [1.29, 1.82) is 0 Å². The molecule has 0 bridgehead atoms. The zero-order chi connectivity index (χ0) is 17.4. The lowest BCUT2D eigenvalue weighted by Gasteiger charge is -2.07.